The van der Waals surface area contributed by atoms with Crippen LogP contribution in [0.4, 0.5) is 0 Å². The summed E-state index contributed by atoms with van der Waals surface area (Å²) in [4.78, 5) is 13.0. The van der Waals surface area contributed by atoms with Gasteiger partial charge in [0.15, 0.2) is 0 Å². The molecule has 1 atom stereocenters. The SMILES string of the molecule is C=CCc1cc(C(=O)N[C@@H](c2ccccc2)c2ccc(C)cc2)ccc1OC. The molecule has 142 valence electrons. The van der Waals surface area contributed by atoms with Gasteiger partial charge in [0.1, 0.15) is 5.75 Å². The van der Waals surface area contributed by atoms with E-state index >= 15 is 0 Å². The van der Waals surface area contributed by atoms with Crippen LogP contribution in [0.1, 0.15) is 38.7 Å². The van der Waals surface area contributed by atoms with Crippen LogP contribution in [0.25, 0.3) is 0 Å². The first-order valence-corrected chi connectivity index (χ1v) is 9.32. The fourth-order valence-electron chi connectivity index (χ4n) is 3.21. The Morgan fingerprint density at radius 1 is 1.04 bits per heavy atom. The number of carbonyl (C=O) groups is 1. The molecule has 0 aliphatic heterocycles. The number of benzene rings is 3. The van der Waals surface area contributed by atoms with Gasteiger partial charge in [0.2, 0.25) is 0 Å². The predicted molar refractivity (Wildman–Crippen MR) is 114 cm³/mol. The van der Waals surface area contributed by atoms with Crippen LogP contribution in [0.2, 0.25) is 0 Å². The Hall–Kier alpha value is -3.33. The van der Waals surface area contributed by atoms with Crippen molar-refractivity contribution in [2.75, 3.05) is 7.11 Å². The molecule has 0 aromatic heterocycles. The summed E-state index contributed by atoms with van der Waals surface area (Å²) in [5, 5.41) is 3.19. The van der Waals surface area contributed by atoms with Gasteiger partial charge in [-0.1, -0.05) is 66.2 Å². The van der Waals surface area contributed by atoms with Gasteiger partial charge in [0, 0.05) is 5.56 Å². The van der Waals surface area contributed by atoms with Gasteiger partial charge >= 0.3 is 0 Å². The summed E-state index contributed by atoms with van der Waals surface area (Å²) < 4.78 is 5.38. The van der Waals surface area contributed by atoms with E-state index in [-0.39, 0.29) is 11.9 Å². The summed E-state index contributed by atoms with van der Waals surface area (Å²) >= 11 is 0. The molecule has 0 heterocycles. The second kappa shape index (κ2) is 9.05. The highest BCUT2D eigenvalue weighted by atomic mass is 16.5. The minimum atomic E-state index is -0.223. The van der Waals surface area contributed by atoms with Crippen molar-refractivity contribution >= 4 is 5.91 Å². The van der Waals surface area contributed by atoms with E-state index in [2.05, 4.69) is 43.1 Å². The summed E-state index contributed by atoms with van der Waals surface area (Å²) in [5.41, 5.74) is 4.82. The van der Waals surface area contributed by atoms with Crippen LogP contribution in [0.15, 0.2) is 85.5 Å². The van der Waals surface area contributed by atoms with E-state index in [1.807, 2.05) is 42.5 Å². The topological polar surface area (TPSA) is 38.3 Å². The normalized spacial score (nSPS) is 11.5. The van der Waals surface area contributed by atoms with Crippen molar-refractivity contribution in [3.8, 4) is 5.75 Å². The van der Waals surface area contributed by atoms with Crippen LogP contribution in [-0.4, -0.2) is 13.0 Å². The summed E-state index contributed by atoms with van der Waals surface area (Å²) in [6, 6.07) is 23.5. The Kier molecular flexibility index (Phi) is 6.28. The van der Waals surface area contributed by atoms with Gasteiger partial charge in [0.05, 0.1) is 13.2 Å². The fourth-order valence-corrected chi connectivity index (χ4v) is 3.21. The fraction of sp³-hybridized carbons (Fsp3) is 0.160. The molecule has 0 saturated heterocycles. The number of aryl methyl sites for hydroxylation is 1. The minimum absolute atomic E-state index is 0.123. The molecular formula is C25H25NO2. The molecule has 3 rings (SSSR count). The Bertz CT molecular complexity index is 946. The molecule has 1 amide bonds. The molecule has 3 heteroatoms. The number of allylic oxidation sites excluding steroid dienone is 1. The van der Waals surface area contributed by atoms with Gasteiger partial charge in [-0.2, -0.15) is 0 Å². The molecule has 0 spiro atoms. The standard InChI is InChI=1S/C25H25NO2/c1-4-8-21-17-22(15-16-23(21)28-3)25(27)26-24(19-9-6-5-7-10-19)20-13-11-18(2)12-14-20/h4-7,9-17,24H,1,8H2,2-3H3,(H,26,27)/t24-/m0/s1. The van der Waals surface area contributed by atoms with Crippen molar-refractivity contribution in [1.29, 1.82) is 0 Å². The molecule has 3 aromatic rings. The Balaban J connectivity index is 1.92. The first-order chi connectivity index (χ1) is 13.6. The van der Waals surface area contributed by atoms with E-state index < -0.39 is 0 Å². The Morgan fingerprint density at radius 2 is 1.71 bits per heavy atom. The van der Waals surface area contributed by atoms with Crippen molar-refractivity contribution in [2.45, 2.75) is 19.4 Å². The maximum absolute atomic E-state index is 13.0. The number of nitrogens with one attached hydrogen (secondary N) is 1. The van der Waals surface area contributed by atoms with Crippen LogP contribution in [0, 0.1) is 6.92 Å². The van der Waals surface area contributed by atoms with E-state index in [0.717, 1.165) is 22.4 Å². The molecular weight excluding hydrogens is 346 g/mol. The van der Waals surface area contributed by atoms with E-state index in [1.165, 1.54) is 5.56 Å². The molecule has 0 radical (unpaired) electrons. The molecule has 28 heavy (non-hydrogen) atoms. The molecule has 0 fully saturated rings. The lowest BCUT2D eigenvalue weighted by molar-refractivity contribution is 0.0943. The maximum Gasteiger partial charge on any atom is 0.252 e. The van der Waals surface area contributed by atoms with Crippen molar-refractivity contribution in [3.63, 3.8) is 0 Å². The number of amides is 1. The lowest BCUT2D eigenvalue weighted by Crippen LogP contribution is -2.29. The molecule has 0 bridgehead atoms. The van der Waals surface area contributed by atoms with Gasteiger partial charge < -0.3 is 10.1 Å². The molecule has 0 saturated carbocycles. The average Bonchev–Trinajstić information content (AvgIpc) is 2.73. The van der Waals surface area contributed by atoms with Gasteiger partial charge in [0.25, 0.3) is 5.91 Å². The number of rotatable bonds is 7. The van der Waals surface area contributed by atoms with Gasteiger partial charge in [-0.25, -0.2) is 0 Å². The van der Waals surface area contributed by atoms with Crippen molar-refractivity contribution in [3.05, 3.63) is 113 Å². The third-order valence-electron chi connectivity index (χ3n) is 4.73. The van der Waals surface area contributed by atoms with E-state index in [4.69, 9.17) is 4.74 Å². The zero-order valence-corrected chi connectivity index (χ0v) is 16.3. The number of ether oxygens (including phenoxy) is 1. The highest BCUT2D eigenvalue weighted by Gasteiger charge is 2.18. The van der Waals surface area contributed by atoms with Crippen LogP contribution < -0.4 is 10.1 Å². The van der Waals surface area contributed by atoms with Crippen LogP contribution >= 0.6 is 0 Å². The van der Waals surface area contributed by atoms with E-state index in [1.54, 1.807) is 19.3 Å². The lowest BCUT2D eigenvalue weighted by atomic mass is 9.97. The minimum Gasteiger partial charge on any atom is -0.496 e. The van der Waals surface area contributed by atoms with Gasteiger partial charge in [-0.3, -0.25) is 4.79 Å². The van der Waals surface area contributed by atoms with Gasteiger partial charge in [-0.05, 0) is 48.2 Å². The number of hydrogen-bond acceptors (Lipinski definition) is 2. The number of carbonyl (C=O) groups excluding carboxylic acids is 1. The maximum atomic E-state index is 13.0. The molecule has 3 nitrogen and oxygen atoms in total. The molecule has 0 aliphatic rings. The predicted octanol–water partition coefficient (Wildman–Crippen LogP) is 5.25. The summed E-state index contributed by atoms with van der Waals surface area (Å²) in [6.07, 6.45) is 2.45. The van der Waals surface area contributed by atoms with E-state index in [0.29, 0.717) is 12.0 Å². The van der Waals surface area contributed by atoms with Crippen LogP contribution in [0.5, 0.6) is 5.75 Å². The summed E-state index contributed by atoms with van der Waals surface area (Å²) in [7, 11) is 1.63. The number of methoxy groups -OCH3 is 1. The van der Waals surface area contributed by atoms with Crippen molar-refractivity contribution in [2.24, 2.45) is 0 Å². The zero-order chi connectivity index (χ0) is 19.9. The van der Waals surface area contributed by atoms with E-state index in [9.17, 15) is 4.79 Å². The van der Waals surface area contributed by atoms with Crippen LogP contribution in [0.3, 0.4) is 0 Å². The first kappa shape index (κ1) is 19.4. The molecule has 0 aliphatic carbocycles. The van der Waals surface area contributed by atoms with Crippen LogP contribution in [-0.2, 0) is 6.42 Å². The highest BCUT2D eigenvalue weighted by molar-refractivity contribution is 5.95. The molecule has 1 N–H and O–H groups in total. The molecule has 0 unspecified atom stereocenters. The largest absolute Gasteiger partial charge is 0.496 e. The third-order valence-corrected chi connectivity index (χ3v) is 4.73. The van der Waals surface area contributed by atoms with Crippen molar-refractivity contribution < 1.29 is 9.53 Å². The Morgan fingerprint density at radius 3 is 2.36 bits per heavy atom. The van der Waals surface area contributed by atoms with Gasteiger partial charge in [-0.15, -0.1) is 6.58 Å². The number of hydrogen-bond donors (Lipinski definition) is 1. The smallest absolute Gasteiger partial charge is 0.252 e. The highest BCUT2D eigenvalue weighted by Crippen LogP contribution is 2.25. The third kappa shape index (κ3) is 4.49. The average molecular weight is 371 g/mol. The zero-order valence-electron chi connectivity index (χ0n) is 16.3. The monoisotopic (exact) mass is 371 g/mol. The summed E-state index contributed by atoms with van der Waals surface area (Å²) in [6.45, 7) is 5.84. The second-order valence-corrected chi connectivity index (χ2v) is 6.75. The second-order valence-electron chi connectivity index (χ2n) is 6.75. The Labute approximate surface area is 166 Å². The van der Waals surface area contributed by atoms with Crippen molar-refractivity contribution in [1.82, 2.24) is 5.32 Å². The lowest BCUT2D eigenvalue weighted by Gasteiger charge is -2.20. The molecule has 3 aromatic carbocycles. The first-order valence-electron chi connectivity index (χ1n) is 9.32. The summed E-state index contributed by atoms with van der Waals surface area (Å²) in [5.74, 6) is 0.636. The quantitative estimate of drug-likeness (QED) is 0.576.